The van der Waals surface area contributed by atoms with E-state index in [1.165, 1.54) is 6.26 Å². The van der Waals surface area contributed by atoms with Crippen LogP contribution in [0.4, 0.5) is 5.82 Å². The summed E-state index contributed by atoms with van der Waals surface area (Å²) in [7, 11) is -3.26. The number of alkyl halides is 1. The Kier molecular flexibility index (Phi) is 5.62. The highest BCUT2D eigenvalue weighted by Gasteiger charge is 2.19. The lowest BCUT2D eigenvalue weighted by Gasteiger charge is -2.25. The van der Waals surface area contributed by atoms with Gasteiger partial charge in [0.2, 0.25) is 0 Å². The summed E-state index contributed by atoms with van der Waals surface area (Å²) in [6.07, 6.45) is 4.69. The van der Waals surface area contributed by atoms with Gasteiger partial charge in [0.25, 0.3) is 0 Å². The average molecular weight is 305 g/mol. The highest BCUT2D eigenvalue weighted by atomic mass is 35.5. The predicted molar refractivity (Wildman–Crippen MR) is 79.6 cm³/mol. The van der Waals surface area contributed by atoms with Crippen molar-refractivity contribution in [2.24, 2.45) is 5.41 Å². The molecule has 0 saturated heterocycles. The van der Waals surface area contributed by atoms with Gasteiger partial charge in [0.05, 0.1) is 0 Å². The van der Waals surface area contributed by atoms with Crippen molar-refractivity contribution in [3.63, 3.8) is 0 Å². The first-order chi connectivity index (χ1) is 8.76. The van der Waals surface area contributed by atoms with E-state index in [4.69, 9.17) is 11.6 Å². The second kappa shape index (κ2) is 6.57. The van der Waals surface area contributed by atoms with E-state index in [1.54, 1.807) is 18.3 Å². The summed E-state index contributed by atoms with van der Waals surface area (Å²) >= 11 is 5.70. The zero-order valence-corrected chi connectivity index (χ0v) is 13.2. The van der Waals surface area contributed by atoms with Crippen LogP contribution >= 0.6 is 11.6 Å². The normalized spacial score (nSPS) is 12.4. The van der Waals surface area contributed by atoms with Crippen molar-refractivity contribution in [3.05, 3.63) is 18.3 Å². The fraction of sp³-hybridized carbons (Fsp3) is 0.615. The second-order valence-corrected chi connectivity index (χ2v) is 7.79. The summed E-state index contributed by atoms with van der Waals surface area (Å²) in [5, 5.41) is 3.14. The van der Waals surface area contributed by atoms with Crippen LogP contribution in [0.5, 0.6) is 0 Å². The molecule has 19 heavy (non-hydrogen) atoms. The van der Waals surface area contributed by atoms with Crippen LogP contribution in [-0.2, 0) is 9.84 Å². The Morgan fingerprint density at radius 2 is 2.11 bits per heavy atom. The summed E-state index contributed by atoms with van der Waals surface area (Å²) in [5.41, 5.74) is 0.0428. The number of aromatic nitrogens is 1. The topological polar surface area (TPSA) is 59.1 Å². The van der Waals surface area contributed by atoms with Gasteiger partial charge >= 0.3 is 0 Å². The van der Waals surface area contributed by atoms with Crippen molar-refractivity contribution in [3.8, 4) is 0 Å². The summed E-state index contributed by atoms with van der Waals surface area (Å²) in [5.74, 6) is 1.06. The minimum absolute atomic E-state index is 0.0428. The number of rotatable bonds is 7. The summed E-state index contributed by atoms with van der Waals surface area (Å²) in [4.78, 5) is 4.35. The quantitative estimate of drug-likeness (QED) is 0.787. The van der Waals surface area contributed by atoms with Gasteiger partial charge in [0.15, 0.2) is 9.84 Å². The van der Waals surface area contributed by atoms with Gasteiger partial charge in [-0.05, 0) is 30.4 Å². The number of nitrogens with zero attached hydrogens (tertiary/aromatic N) is 1. The van der Waals surface area contributed by atoms with E-state index >= 15 is 0 Å². The maximum absolute atomic E-state index is 11.7. The van der Waals surface area contributed by atoms with Crippen LogP contribution in [0.15, 0.2) is 23.2 Å². The van der Waals surface area contributed by atoms with Crippen molar-refractivity contribution < 1.29 is 8.42 Å². The third-order valence-corrected chi connectivity index (χ3v) is 4.29. The van der Waals surface area contributed by atoms with Crippen LogP contribution in [0, 0.1) is 5.41 Å². The lowest BCUT2D eigenvalue weighted by molar-refractivity contribution is 0.355. The van der Waals surface area contributed by atoms with E-state index in [9.17, 15) is 8.42 Å². The molecule has 0 saturated carbocycles. The molecule has 1 aromatic rings. The molecular weight excluding hydrogens is 284 g/mol. The van der Waals surface area contributed by atoms with Gasteiger partial charge in [-0.15, -0.1) is 11.6 Å². The molecule has 0 unspecified atom stereocenters. The van der Waals surface area contributed by atoms with Crippen LogP contribution in [0.1, 0.15) is 26.7 Å². The number of halogens is 1. The maximum Gasteiger partial charge on any atom is 0.179 e. The van der Waals surface area contributed by atoms with Gasteiger partial charge < -0.3 is 5.32 Å². The van der Waals surface area contributed by atoms with Gasteiger partial charge in [-0.1, -0.05) is 13.8 Å². The molecule has 1 rings (SSSR count). The van der Waals surface area contributed by atoms with Crippen molar-refractivity contribution in [2.45, 2.75) is 31.6 Å². The van der Waals surface area contributed by atoms with Crippen LogP contribution in [0.3, 0.4) is 0 Å². The molecule has 0 bridgehead atoms. The maximum atomic E-state index is 11.7. The Morgan fingerprint density at radius 3 is 2.68 bits per heavy atom. The number of pyridine rings is 1. The van der Waals surface area contributed by atoms with E-state index in [1.807, 2.05) is 0 Å². The van der Waals surface area contributed by atoms with Crippen LogP contribution in [0.2, 0.25) is 0 Å². The average Bonchev–Trinajstić information content (AvgIpc) is 2.33. The van der Waals surface area contributed by atoms with Gasteiger partial charge in [0.1, 0.15) is 10.7 Å². The van der Waals surface area contributed by atoms with Crippen LogP contribution < -0.4 is 5.32 Å². The Balaban J connectivity index is 2.79. The summed E-state index contributed by atoms with van der Waals surface area (Å²) < 4.78 is 23.3. The highest BCUT2D eigenvalue weighted by molar-refractivity contribution is 7.90. The number of hydrogen-bond donors (Lipinski definition) is 1. The Bertz CT molecular complexity index is 515. The van der Waals surface area contributed by atoms with E-state index in [0.717, 1.165) is 12.8 Å². The van der Waals surface area contributed by atoms with Gasteiger partial charge in [-0.25, -0.2) is 13.4 Å². The fourth-order valence-electron chi connectivity index (χ4n) is 1.78. The first-order valence-corrected chi connectivity index (χ1v) is 8.64. The lowest BCUT2D eigenvalue weighted by Crippen LogP contribution is -2.24. The number of hydrogen-bond acceptors (Lipinski definition) is 4. The largest absolute Gasteiger partial charge is 0.368 e. The highest BCUT2D eigenvalue weighted by Crippen LogP contribution is 2.25. The number of nitrogens with one attached hydrogen (secondary N) is 1. The molecule has 0 fully saturated rings. The summed E-state index contributed by atoms with van der Waals surface area (Å²) in [6, 6.07) is 3.19. The second-order valence-electron chi connectivity index (χ2n) is 5.43. The van der Waals surface area contributed by atoms with E-state index in [2.05, 4.69) is 24.1 Å². The van der Waals surface area contributed by atoms with E-state index in [-0.39, 0.29) is 10.3 Å². The zero-order chi connectivity index (χ0) is 14.5. The molecule has 4 nitrogen and oxygen atoms in total. The summed E-state index contributed by atoms with van der Waals surface area (Å²) in [6.45, 7) is 4.90. The molecule has 1 aromatic heterocycles. The third kappa shape index (κ3) is 5.37. The van der Waals surface area contributed by atoms with Crippen molar-refractivity contribution in [1.82, 2.24) is 4.98 Å². The number of anilines is 1. The van der Waals surface area contributed by atoms with Gasteiger partial charge in [-0.2, -0.15) is 0 Å². The van der Waals surface area contributed by atoms with Crippen molar-refractivity contribution in [2.75, 3.05) is 24.0 Å². The molecule has 108 valence electrons. The molecule has 0 spiro atoms. The fourth-order valence-corrected chi connectivity index (χ4v) is 2.71. The third-order valence-electron chi connectivity index (χ3n) is 2.89. The minimum Gasteiger partial charge on any atom is -0.368 e. The Hall–Kier alpha value is -0.810. The van der Waals surface area contributed by atoms with Crippen molar-refractivity contribution in [1.29, 1.82) is 0 Å². The van der Waals surface area contributed by atoms with Crippen molar-refractivity contribution >= 4 is 27.3 Å². The lowest BCUT2D eigenvalue weighted by atomic mass is 9.88. The smallest absolute Gasteiger partial charge is 0.179 e. The standard InChI is InChI=1S/C13H21ClN2O2S/c1-13(2,7-5-8-14)10-16-12-11(19(3,17)18)6-4-9-15-12/h4,6,9H,5,7-8,10H2,1-3H3,(H,15,16). The Morgan fingerprint density at radius 1 is 1.42 bits per heavy atom. The first-order valence-electron chi connectivity index (χ1n) is 6.21. The molecule has 0 aromatic carbocycles. The molecule has 0 radical (unpaired) electrons. The predicted octanol–water partition coefficient (Wildman–Crippen LogP) is 2.94. The molecule has 6 heteroatoms. The molecule has 0 aliphatic rings. The zero-order valence-electron chi connectivity index (χ0n) is 11.6. The number of sulfone groups is 1. The van der Waals surface area contributed by atoms with Crippen LogP contribution in [-0.4, -0.2) is 32.1 Å². The SMILES string of the molecule is CC(C)(CCCCl)CNc1ncccc1S(C)(=O)=O. The van der Waals surface area contributed by atoms with Gasteiger partial charge in [-0.3, -0.25) is 0 Å². The monoisotopic (exact) mass is 304 g/mol. The molecular formula is C13H21ClN2O2S. The van der Waals surface area contributed by atoms with E-state index in [0.29, 0.717) is 18.2 Å². The minimum atomic E-state index is -3.26. The molecule has 1 N–H and O–H groups in total. The molecule has 0 aliphatic carbocycles. The molecule has 0 aliphatic heterocycles. The molecule has 0 amide bonds. The molecule has 0 atom stereocenters. The van der Waals surface area contributed by atoms with Gasteiger partial charge in [0, 0.05) is 24.9 Å². The first kappa shape index (κ1) is 16.2. The van der Waals surface area contributed by atoms with Crippen LogP contribution in [0.25, 0.3) is 0 Å². The van der Waals surface area contributed by atoms with E-state index < -0.39 is 9.84 Å². The molecule has 1 heterocycles. The Labute approximate surface area is 120 Å².